The second-order valence-electron chi connectivity index (χ2n) is 5.29. The number of carbonyl (C=O) groups is 1. The van der Waals surface area contributed by atoms with Crippen molar-refractivity contribution in [1.29, 1.82) is 0 Å². The summed E-state index contributed by atoms with van der Waals surface area (Å²) < 4.78 is 10.5. The van der Waals surface area contributed by atoms with Crippen LogP contribution in [0.2, 0.25) is 0 Å². The van der Waals surface area contributed by atoms with E-state index in [2.05, 4.69) is 22.1 Å². The number of ether oxygens (including phenoxy) is 1. The molecule has 2 aromatic rings. The predicted octanol–water partition coefficient (Wildman–Crippen LogP) is 3.20. The average molecular weight is 301 g/mol. The number of nitrogens with one attached hydrogen (secondary N) is 1. The summed E-state index contributed by atoms with van der Waals surface area (Å²) in [5.74, 6) is -0.129. The van der Waals surface area contributed by atoms with Gasteiger partial charge in [0.1, 0.15) is 5.92 Å². The van der Waals surface area contributed by atoms with Crippen molar-refractivity contribution in [2.75, 3.05) is 6.61 Å². The fourth-order valence-corrected chi connectivity index (χ4v) is 2.99. The molecule has 0 saturated heterocycles. The van der Waals surface area contributed by atoms with E-state index in [1.54, 1.807) is 18.7 Å². The van der Waals surface area contributed by atoms with Gasteiger partial charge in [0.05, 0.1) is 25.3 Å². The van der Waals surface area contributed by atoms with Crippen molar-refractivity contribution in [3.05, 3.63) is 35.9 Å². The van der Waals surface area contributed by atoms with E-state index in [1.165, 1.54) is 0 Å². The molecule has 1 N–H and O–H groups in total. The molecule has 2 aromatic heterocycles. The molecule has 0 radical (unpaired) electrons. The topological polar surface area (TPSA) is 80.5 Å². The maximum Gasteiger partial charge on any atom is 0.315 e. The van der Waals surface area contributed by atoms with Gasteiger partial charge in [-0.25, -0.2) is 4.99 Å². The minimum absolute atomic E-state index is 0.175. The van der Waals surface area contributed by atoms with Crippen LogP contribution in [0.25, 0.3) is 0 Å². The Labute approximate surface area is 128 Å². The van der Waals surface area contributed by atoms with Gasteiger partial charge >= 0.3 is 5.97 Å². The Morgan fingerprint density at radius 3 is 3.00 bits per heavy atom. The van der Waals surface area contributed by atoms with Crippen molar-refractivity contribution in [3.8, 4) is 0 Å². The molecule has 0 spiro atoms. The molecule has 116 valence electrons. The molecule has 0 saturated carbocycles. The Morgan fingerprint density at radius 2 is 2.32 bits per heavy atom. The summed E-state index contributed by atoms with van der Waals surface area (Å²) >= 11 is 0. The van der Waals surface area contributed by atoms with Crippen molar-refractivity contribution < 1.29 is 13.9 Å². The van der Waals surface area contributed by atoms with Crippen molar-refractivity contribution in [1.82, 2.24) is 10.2 Å². The summed E-state index contributed by atoms with van der Waals surface area (Å²) in [7, 11) is 0. The molecule has 1 aliphatic rings. The number of carbonyl (C=O) groups excluding carboxylic acids is 1. The summed E-state index contributed by atoms with van der Waals surface area (Å²) in [6, 6.07) is 1.88. The molecular weight excluding hydrogens is 282 g/mol. The van der Waals surface area contributed by atoms with Crippen LogP contribution in [0.1, 0.15) is 43.7 Å². The Balaban J connectivity index is 2.10. The zero-order valence-corrected chi connectivity index (χ0v) is 12.7. The summed E-state index contributed by atoms with van der Waals surface area (Å²) in [4.78, 5) is 17.2. The van der Waals surface area contributed by atoms with Gasteiger partial charge < -0.3 is 9.15 Å². The lowest BCUT2D eigenvalue weighted by molar-refractivity contribution is -0.146. The molecule has 0 fully saturated rings. The minimum atomic E-state index is -0.428. The quantitative estimate of drug-likeness (QED) is 0.860. The van der Waals surface area contributed by atoms with Crippen LogP contribution in [0, 0.1) is 5.92 Å². The van der Waals surface area contributed by atoms with Gasteiger partial charge in [0, 0.05) is 17.2 Å². The highest BCUT2D eigenvalue weighted by atomic mass is 16.5. The van der Waals surface area contributed by atoms with Crippen LogP contribution < -0.4 is 0 Å². The first-order valence-electron chi connectivity index (χ1n) is 7.55. The molecule has 22 heavy (non-hydrogen) atoms. The summed E-state index contributed by atoms with van der Waals surface area (Å²) in [5, 5.41) is 6.99. The summed E-state index contributed by atoms with van der Waals surface area (Å²) in [5.41, 5.74) is 2.67. The molecule has 2 unspecified atom stereocenters. The van der Waals surface area contributed by atoms with Gasteiger partial charge in [-0.2, -0.15) is 5.10 Å². The lowest BCUT2D eigenvalue weighted by Gasteiger charge is -2.29. The van der Waals surface area contributed by atoms with Crippen molar-refractivity contribution >= 4 is 17.5 Å². The SMILES string of the molecule is CCCC1=Nc2[nH]ncc2C(c2ccoc2)C1C(=O)OCC. The fraction of sp³-hybridized carbons (Fsp3) is 0.438. The number of H-pyrrole nitrogens is 1. The van der Waals surface area contributed by atoms with E-state index in [0.717, 1.165) is 35.5 Å². The maximum absolute atomic E-state index is 12.6. The monoisotopic (exact) mass is 301 g/mol. The molecule has 0 aliphatic carbocycles. The molecule has 0 aromatic carbocycles. The van der Waals surface area contributed by atoms with E-state index in [-0.39, 0.29) is 11.9 Å². The third-order valence-electron chi connectivity index (χ3n) is 3.88. The molecule has 1 aliphatic heterocycles. The summed E-state index contributed by atoms with van der Waals surface area (Å²) in [6.07, 6.45) is 6.67. The van der Waals surface area contributed by atoms with Crippen LogP contribution in [-0.2, 0) is 9.53 Å². The van der Waals surface area contributed by atoms with Crippen LogP contribution in [-0.4, -0.2) is 28.5 Å². The first-order valence-corrected chi connectivity index (χ1v) is 7.55. The van der Waals surface area contributed by atoms with Crippen LogP contribution in [0.3, 0.4) is 0 Å². The van der Waals surface area contributed by atoms with Gasteiger partial charge in [-0.3, -0.25) is 9.89 Å². The Bertz CT molecular complexity index is 673. The first kappa shape index (κ1) is 14.6. The molecule has 3 rings (SSSR count). The average Bonchev–Trinajstić information content (AvgIpc) is 3.17. The lowest BCUT2D eigenvalue weighted by Crippen LogP contribution is -2.34. The van der Waals surface area contributed by atoms with E-state index < -0.39 is 5.92 Å². The molecule has 6 nitrogen and oxygen atoms in total. The molecule has 6 heteroatoms. The minimum Gasteiger partial charge on any atom is -0.472 e. The Hall–Kier alpha value is -2.37. The highest BCUT2D eigenvalue weighted by molar-refractivity contribution is 6.06. The lowest BCUT2D eigenvalue weighted by atomic mass is 9.77. The number of furan rings is 1. The Kier molecular flexibility index (Phi) is 4.09. The van der Waals surface area contributed by atoms with E-state index in [9.17, 15) is 4.79 Å². The first-order chi connectivity index (χ1) is 10.8. The number of hydrogen-bond donors (Lipinski definition) is 1. The summed E-state index contributed by atoms with van der Waals surface area (Å²) in [6.45, 7) is 4.23. The second-order valence-corrected chi connectivity index (χ2v) is 5.29. The van der Waals surface area contributed by atoms with E-state index >= 15 is 0 Å². The standard InChI is InChI=1S/C16H19N3O3/c1-3-5-12-14(16(20)22-4-2)13(10-6-7-21-9-10)11-8-17-19-15(11)18-12/h6-9,13-14H,3-5H2,1-2H3,(H,17,19). The highest BCUT2D eigenvalue weighted by Gasteiger charge is 2.41. The van der Waals surface area contributed by atoms with Crippen molar-refractivity contribution in [3.63, 3.8) is 0 Å². The van der Waals surface area contributed by atoms with Gasteiger partial charge in [0.15, 0.2) is 5.82 Å². The van der Waals surface area contributed by atoms with Gasteiger partial charge in [0.2, 0.25) is 0 Å². The number of aliphatic imine (C=N–C) groups is 1. The number of fused-ring (bicyclic) bond motifs is 1. The van der Waals surface area contributed by atoms with Crippen LogP contribution in [0.4, 0.5) is 5.82 Å². The van der Waals surface area contributed by atoms with E-state index in [1.807, 2.05) is 13.0 Å². The third-order valence-corrected chi connectivity index (χ3v) is 3.88. The largest absolute Gasteiger partial charge is 0.472 e. The number of aromatic nitrogens is 2. The van der Waals surface area contributed by atoms with Crippen molar-refractivity contribution in [2.24, 2.45) is 10.9 Å². The fourth-order valence-electron chi connectivity index (χ4n) is 2.99. The van der Waals surface area contributed by atoms with Crippen LogP contribution >= 0.6 is 0 Å². The zero-order valence-electron chi connectivity index (χ0n) is 12.7. The number of hydrogen-bond acceptors (Lipinski definition) is 5. The smallest absolute Gasteiger partial charge is 0.315 e. The number of esters is 1. The molecule has 0 amide bonds. The molecular formula is C16H19N3O3. The molecule has 3 heterocycles. The highest BCUT2D eigenvalue weighted by Crippen LogP contribution is 2.42. The predicted molar refractivity (Wildman–Crippen MR) is 81.3 cm³/mol. The number of nitrogens with zero attached hydrogens (tertiary/aromatic N) is 2. The van der Waals surface area contributed by atoms with E-state index in [4.69, 9.17) is 9.15 Å². The second kappa shape index (κ2) is 6.17. The molecule has 0 bridgehead atoms. The van der Waals surface area contributed by atoms with Gasteiger partial charge in [-0.1, -0.05) is 13.3 Å². The molecule has 2 atom stereocenters. The van der Waals surface area contributed by atoms with Crippen LogP contribution in [0.15, 0.2) is 34.2 Å². The van der Waals surface area contributed by atoms with Gasteiger partial charge in [-0.15, -0.1) is 0 Å². The van der Waals surface area contributed by atoms with Crippen LogP contribution in [0.5, 0.6) is 0 Å². The number of rotatable bonds is 5. The zero-order chi connectivity index (χ0) is 15.5. The third kappa shape index (κ3) is 2.45. The van der Waals surface area contributed by atoms with Gasteiger partial charge in [0.25, 0.3) is 0 Å². The maximum atomic E-state index is 12.6. The number of aromatic amines is 1. The van der Waals surface area contributed by atoms with Crippen molar-refractivity contribution in [2.45, 2.75) is 32.6 Å². The Morgan fingerprint density at radius 1 is 1.45 bits per heavy atom. The normalized spacial score (nSPS) is 20.4. The van der Waals surface area contributed by atoms with Gasteiger partial charge in [-0.05, 0) is 25.0 Å². The van der Waals surface area contributed by atoms with E-state index in [0.29, 0.717) is 6.61 Å².